The maximum atomic E-state index is 3.61. The van der Waals surface area contributed by atoms with E-state index in [0.717, 1.165) is 0 Å². The lowest BCUT2D eigenvalue weighted by Gasteiger charge is -2.17. The van der Waals surface area contributed by atoms with Gasteiger partial charge in [0.2, 0.25) is 0 Å². The summed E-state index contributed by atoms with van der Waals surface area (Å²) in [5.74, 6) is 0. The first-order valence-corrected chi connectivity index (χ1v) is 11.8. The minimum atomic E-state index is 1.19. The third kappa shape index (κ3) is 20.1. The average molecular weight is 355 g/mol. The summed E-state index contributed by atoms with van der Waals surface area (Å²) < 4.78 is 0. The Balaban J connectivity index is 3.03. The molecule has 0 spiro atoms. The van der Waals surface area contributed by atoms with Crippen molar-refractivity contribution in [1.82, 2.24) is 10.2 Å². The molecule has 152 valence electrons. The van der Waals surface area contributed by atoms with E-state index in [9.17, 15) is 0 Å². The summed E-state index contributed by atoms with van der Waals surface area (Å²) in [7, 11) is 0. The average Bonchev–Trinajstić information content (AvgIpc) is 2.64. The maximum Gasteiger partial charge on any atom is -0.000687 e. The Morgan fingerprint density at radius 1 is 0.480 bits per heavy atom. The van der Waals surface area contributed by atoms with E-state index >= 15 is 0 Å². The lowest BCUT2D eigenvalue weighted by molar-refractivity contribution is 0.298. The Kier molecular flexibility index (Phi) is 21.9. The van der Waals surface area contributed by atoms with Crippen molar-refractivity contribution in [3.05, 3.63) is 0 Å². The number of unbranched alkanes of at least 4 members (excludes halogenated alkanes) is 13. The normalized spacial score (nSPS) is 11.5. The van der Waals surface area contributed by atoms with Crippen molar-refractivity contribution in [2.45, 2.75) is 117 Å². The highest BCUT2D eigenvalue weighted by atomic mass is 15.1. The van der Waals surface area contributed by atoms with Crippen LogP contribution in [0.25, 0.3) is 0 Å². The molecule has 0 fully saturated rings. The lowest BCUT2D eigenvalue weighted by atomic mass is 10.0. The van der Waals surface area contributed by atoms with Crippen molar-refractivity contribution in [2.75, 3.05) is 32.7 Å². The van der Waals surface area contributed by atoms with E-state index in [-0.39, 0.29) is 0 Å². The monoisotopic (exact) mass is 354 g/mol. The smallest absolute Gasteiger partial charge is 0.000687 e. The van der Waals surface area contributed by atoms with Crippen molar-refractivity contribution >= 4 is 0 Å². The summed E-state index contributed by atoms with van der Waals surface area (Å²) in [6.45, 7) is 12.8. The quantitative estimate of drug-likeness (QED) is 0.228. The summed E-state index contributed by atoms with van der Waals surface area (Å²) in [5, 5.41) is 3.61. The summed E-state index contributed by atoms with van der Waals surface area (Å²) in [5.41, 5.74) is 0. The molecule has 0 heterocycles. The van der Waals surface area contributed by atoms with Crippen molar-refractivity contribution in [3.63, 3.8) is 0 Å². The van der Waals surface area contributed by atoms with E-state index in [4.69, 9.17) is 0 Å². The van der Waals surface area contributed by atoms with Gasteiger partial charge in [0.25, 0.3) is 0 Å². The number of hydrogen-bond acceptors (Lipinski definition) is 2. The molecule has 2 heteroatoms. The molecule has 0 amide bonds. The van der Waals surface area contributed by atoms with Crippen LogP contribution >= 0.6 is 0 Å². The molecule has 0 atom stereocenters. The molecule has 0 saturated heterocycles. The van der Waals surface area contributed by atoms with Gasteiger partial charge in [-0.05, 0) is 45.6 Å². The van der Waals surface area contributed by atoms with Gasteiger partial charge in [-0.2, -0.15) is 0 Å². The van der Waals surface area contributed by atoms with E-state index in [1.807, 2.05) is 0 Å². The molecule has 0 rings (SSSR count). The highest BCUT2D eigenvalue weighted by Crippen LogP contribution is 2.12. The van der Waals surface area contributed by atoms with Crippen molar-refractivity contribution in [2.24, 2.45) is 0 Å². The van der Waals surface area contributed by atoms with Crippen molar-refractivity contribution in [1.29, 1.82) is 0 Å². The van der Waals surface area contributed by atoms with Crippen LogP contribution < -0.4 is 5.32 Å². The molecule has 0 radical (unpaired) electrons. The molecule has 0 unspecified atom stereocenters. The lowest BCUT2D eigenvalue weighted by Crippen LogP contribution is -2.27. The van der Waals surface area contributed by atoms with Gasteiger partial charge in [-0.3, -0.25) is 0 Å². The highest BCUT2D eigenvalue weighted by molar-refractivity contribution is 4.56. The van der Waals surface area contributed by atoms with Gasteiger partial charge >= 0.3 is 0 Å². The first kappa shape index (κ1) is 24.9. The van der Waals surface area contributed by atoms with Gasteiger partial charge in [-0.1, -0.05) is 104 Å². The molecule has 0 aliphatic rings. The fraction of sp³-hybridized carbons (Fsp3) is 1.00. The summed E-state index contributed by atoms with van der Waals surface area (Å²) >= 11 is 0. The Bertz CT molecular complexity index is 226. The second-order valence-electron chi connectivity index (χ2n) is 7.73. The summed E-state index contributed by atoms with van der Waals surface area (Å²) in [6, 6.07) is 0. The van der Waals surface area contributed by atoms with Gasteiger partial charge < -0.3 is 10.2 Å². The predicted octanol–water partition coefficient (Wildman–Crippen LogP) is 6.79. The number of nitrogens with zero attached hydrogens (tertiary/aromatic N) is 1. The second-order valence-corrected chi connectivity index (χ2v) is 7.73. The summed E-state index contributed by atoms with van der Waals surface area (Å²) in [6.07, 6.45) is 21.5. The molecule has 0 saturated carbocycles. The Labute approximate surface area is 160 Å². The van der Waals surface area contributed by atoms with E-state index in [2.05, 4.69) is 31.0 Å². The van der Waals surface area contributed by atoms with Crippen LogP contribution in [0.5, 0.6) is 0 Å². The molecule has 2 nitrogen and oxygen atoms in total. The maximum absolute atomic E-state index is 3.61. The third-order valence-corrected chi connectivity index (χ3v) is 5.43. The molecule has 0 bridgehead atoms. The standard InChI is InChI=1S/C23H50N2/c1-4-7-8-9-10-11-12-13-14-15-16-17-18-19-21-24-22-20-23-25(5-2)6-3/h24H,4-23H2,1-3H3. The third-order valence-electron chi connectivity index (χ3n) is 5.43. The zero-order chi connectivity index (χ0) is 18.4. The van der Waals surface area contributed by atoms with Gasteiger partial charge in [-0.25, -0.2) is 0 Å². The first-order valence-electron chi connectivity index (χ1n) is 11.8. The predicted molar refractivity (Wildman–Crippen MR) is 116 cm³/mol. The molecule has 0 aromatic rings. The molecular weight excluding hydrogens is 304 g/mol. The molecule has 0 aromatic carbocycles. The molecule has 0 aliphatic carbocycles. The topological polar surface area (TPSA) is 15.3 Å². The molecule has 1 N–H and O–H groups in total. The zero-order valence-electron chi connectivity index (χ0n) is 18.1. The van der Waals surface area contributed by atoms with Crippen LogP contribution in [-0.2, 0) is 0 Å². The van der Waals surface area contributed by atoms with Gasteiger partial charge in [0.15, 0.2) is 0 Å². The van der Waals surface area contributed by atoms with Crippen LogP contribution in [0.1, 0.15) is 117 Å². The van der Waals surface area contributed by atoms with Crippen LogP contribution in [0, 0.1) is 0 Å². The van der Waals surface area contributed by atoms with E-state index < -0.39 is 0 Å². The van der Waals surface area contributed by atoms with Crippen LogP contribution in [0.4, 0.5) is 0 Å². The van der Waals surface area contributed by atoms with Crippen molar-refractivity contribution < 1.29 is 0 Å². The molecular formula is C23H50N2. The minimum Gasteiger partial charge on any atom is -0.317 e. The minimum absolute atomic E-state index is 1.19. The number of nitrogens with one attached hydrogen (secondary N) is 1. The number of rotatable bonds is 21. The highest BCUT2D eigenvalue weighted by Gasteiger charge is 1.98. The molecule has 0 aromatic heterocycles. The largest absolute Gasteiger partial charge is 0.317 e. The Hall–Kier alpha value is -0.0800. The van der Waals surface area contributed by atoms with Crippen LogP contribution in [0.15, 0.2) is 0 Å². The van der Waals surface area contributed by atoms with E-state index in [1.165, 1.54) is 129 Å². The van der Waals surface area contributed by atoms with E-state index in [1.54, 1.807) is 0 Å². The van der Waals surface area contributed by atoms with Crippen LogP contribution in [0.2, 0.25) is 0 Å². The van der Waals surface area contributed by atoms with Crippen molar-refractivity contribution in [3.8, 4) is 0 Å². The Morgan fingerprint density at radius 3 is 1.32 bits per heavy atom. The fourth-order valence-corrected chi connectivity index (χ4v) is 3.54. The van der Waals surface area contributed by atoms with Gasteiger partial charge in [0.05, 0.1) is 0 Å². The number of hydrogen-bond donors (Lipinski definition) is 1. The zero-order valence-corrected chi connectivity index (χ0v) is 18.1. The van der Waals surface area contributed by atoms with E-state index in [0.29, 0.717) is 0 Å². The van der Waals surface area contributed by atoms with Gasteiger partial charge in [-0.15, -0.1) is 0 Å². The first-order chi connectivity index (χ1) is 12.3. The van der Waals surface area contributed by atoms with Gasteiger partial charge in [0.1, 0.15) is 0 Å². The molecule has 25 heavy (non-hydrogen) atoms. The summed E-state index contributed by atoms with van der Waals surface area (Å²) in [4.78, 5) is 2.51. The Morgan fingerprint density at radius 2 is 0.880 bits per heavy atom. The SMILES string of the molecule is CCCCCCCCCCCCCCCCNCCCN(CC)CC. The molecule has 0 aliphatic heterocycles. The van der Waals surface area contributed by atoms with Gasteiger partial charge in [0, 0.05) is 0 Å². The fourth-order valence-electron chi connectivity index (χ4n) is 3.54. The van der Waals surface area contributed by atoms with Crippen LogP contribution in [-0.4, -0.2) is 37.6 Å². The van der Waals surface area contributed by atoms with Crippen LogP contribution in [0.3, 0.4) is 0 Å². The second kappa shape index (κ2) is 22.0.